The van der Waals surface area contributed by atoms with Crippen molar-refractivity contribution in [2.75, 3.05) is 11.1 Å². The first-order chi connectivity index (χ1) is 17.5. The number of aromatic nitrogens is 3. The molecule has 2 amide bonds. The van der Waals surface area contributed by atoms with Crippen LogP contribution in [0.2, 0.25) is 10.0 Å². The van der Waals surface area contributed by atoms with Crippen LogP contribution in [-0.4, -0.2) is 32.3 Å². The van der Waals surface area contributed by atoms with E-state index in [9.17, 15) is 18.4 Å². The van der Waals surface area contributed by atoms with Gasteiger partial charge < -0.3 is 15.2 Å². The largest absolute Gasteiger partial charge is 0.342 e. The number of amides is 2. The molecule has 0 aliphatic heterocycles. The zero-order valence-electron chi connectivity index (χ0n) is 19.7. The van der Waals surface area contributed by atoms with Crippen molar-refractivity contribution in [3.63, 3.8) is 0 Å². The molecule has 0 aliphatic carbocycles. The molecule has 0 saturated carbocycles. The molecule has 0 spiro atoms. The van der Waals surface area contributed by atoms with Crippen molar-refractivity contribution in [1.29, 1.82) is 0 Å². The minimum atomic E-state index is -0.904. The molecular weight excluding hydrogens is 611 g/mol. The molecule has 0 unspecified atom stereocenters. The zero-order chi connectivity index (χ0) is 27.3. The average Bonchev–Trinajstić information content (AvgIpc) is 3.20. The Balaban J connectivity index is 1.78. The van der Waals surface area contributed by atoms with Crippen molar-refractivity contribution in [3.05, 3.63) is 80.5 Å². The van der Waals surface area contributed by atoms with Crippen LogP contribution < -0.4 is 10.6 Å². The van der Waals surface area contributed by atoms with Crippen LogP contribution in [0.5, 0.6) is 0 Å². The summed E-state index contributed by atoms with van der Waals surface area (Å²) in [5.41, 5.74) is 0.0978. The normalized spacial score (nSPS) is 11.9. The van der Waals surface area contributed by atoms with Crippen LogP contribution >= 0.6 is 50.9 Å². The molecule has 196 valence electrons. The van der Waals surface area contributed by atoms with Gasteiger partial charge in [-0.3, -0.25) is 9.59 Å². The number of nitrogens with zero attached hydrogens (tertiary/aromatic N) is 3. The smallest absolute Gasteiger partial charge is 0.253 e. The highest BCUT2D eigenvalue weighted by Crippen LogP contribution is 2.29. The van der Waals surface area contributed by atoms with Gasteiger partial charge in [0.15, 0.2) is 16.8 Å². The van der Waals surface area contributed by atoms with E-state index in [0.29, 0.717) is 28.6 Å². The Labute approximate surface area is 235 Å². The molecule has 1 aromatic heterocycles. The first kappa shape index (κ1) is 29.1. The van der Waals surface area contributed by atoms with Gasteiger partial charge in [-0.25, -0.2) is 8.78 Å². The van der Waals surface area contributed by atoms with Crippen molar-refractivity contribution in [1.82, 2.24) is 20.1 Å². The second-order valence-corrected chi connectivity index (χ2v) is 10.8. The van der Waals surface area contributed by atoms with Gasteiger partial charge in [0.25, 0.3) is 5.91 Å². The third kappa shape index (κ3) is 7.31. The van der Waals surface area contributed by atoms with E-state index in [2.05, 4.69) is 43.3 Å². The second-order valence-electron chi connectivity index (χ2n) is 8.14. The molecule has 37 heavy (non-hydrogen) atoms. The molecule has 0 bridgehead atoms. The summed E-state index contributed by atoms with van der Waals surface area (Å²) in [7, 11) is 0. The second kappa shape index (κ2) is 12.9. The molecular formula is C24H22BrCl2F2N5O2S. The number of halogens is 5. The summed E-state index contributed by atoms with van der Waals surface area (Å²) in [5, 5.41) is 14.9. The highest BCUT2D eigenvalue weighted by atomic mass is 79.9. The maximum absolute atomic E-state index is 14.1. The van der Waals surface area contributed by atoms with E-state index in [0.717, 1.165) is 17.8 Å². The lowest BCUT2D eigenvalue weighted by Gasteiger charge is -2.23. The molecule has 7 nitrogen and oxygen atoms in total. The molecule has 1 atom stereocenters. The number of rotatable bonds is 10. The van der Waals surface area contributed by atoms with Crippen LogP contribution in [0.3, 0.4) is 0 Å². The lowest BCUT2D eigenvalue weighted by atomic mass is 10.0. The van der Waals surface area contributed by atoms with E-state index in [1.165, 1.54) is 12.1 Å². The maximum atomic E-state index is 14.1. The number of hydrogen-bond acceptors (Lipinski definition) is 5. The highest BCUT2D eigenvalue weighted by molar-refractivity contribution is 9.10. The van der Waals surface area contributed by atoms with Gasteiger partial charge in [-0.1, -0.05) is 54.9 Å². The average molecular weight is 633 g/mol. The summed E-state index contributed by atoms with van der Waals surface area (Å²) >= 11 is 16.2. The van der Waals surface area contributed by atoms with Crippen molar-refractivity contribution in [3.8, 4) is 0 Å². The molecule has 13 heteroatoms. The minimum absolute atomic E-state index is 0.0803. The van der Waals surface area contributed by atoms with Crippen molar-refractivity contribution in [2.45, 2.75) is 31.6 Å². The number of benzene rings is 2. The monoisotopic (exact) mass is 631 g/mol. The highest BCUT2D eigenvalue weighted by Gasteiger charge is 2.27. The van der Waals surface area contributed by atoms with Crippen LogP contribution in [0.15, 0.2) is 52.6 Å². The Kier molecular flexibility index (Phi) is 10.1. The Morgan fingerprint density at radius 2 is 1.95 bits per heavy atom. The third-order valence-corrected chi connectivity index (χ3v) is 7.21. The van der Waals surface area contributed by atoms with Crippen molar-refractivity contribution < 1.29 is 18.4 Å². The molecule has 0 fully saturated rings. The lowest BCUT2D eigenvalue weighted by Crippen LogP contribution is -2.34. The van der Waals surface area contributed by atoms with Crippen molar-refractivity contribution in [2.24, 2.45) is 5.92 Å². The Morgan fingerprint density at radius 3 is 2.57 bits per heavy atom. The van der Waals surface area contributed by atoms with Crippen LogP contribution in [-0.2, 0) is 11.3 Å². The number of hydrogen-bond donors (Lipinski definition) is 2. The molecule has 0 saturated heterocycles. The standard InChI is InChI=1S/C24H22BrCl2F2N5O2S/c1-4-7-34-22(20(12(2)3)31-23(36)15-6-5-13(26)8-17(15)27)32-33-24(34)37-11-19(35)30-21-16(25)9-14(28)10-18(21)29/h4-6,8-10,12,20H,1,7,11H2,2-3H3,(H,30,35)(H,31,36)/t20-/m1/s1. The van der Waals surface area contributed by atoms with Crippen LogP contribution in [0.1, 0.15) is 36.1 Å². The number of allylic oxidation sites excluding steroid dienone is 1. The number of carbonyl (C=O) groups is 2. The van der Waals surface area contributed by atoms with Crippen molar-refractivity contribution >= 4 is 68.4 Å². The molecule has 3 aromatic rings. The van der Waals surface area contributed by atoms with Crippen LogP contribution in [0.4, 0.5) is 14.5 Å². The van der Waals surface area contributed by atoms with E-state index in [1.54, 1.807) is 16.7 Å². The van der Waals surface area contributed by atoms with Gasteiger partial charge >= 0.3 is 0 Å². The van der Waals surface area contributed by atoms with E-state index in [-0.39, 0.29) is 32.4 Å². The number of anilines is 1. The molecule has 0 aliphatic rings. The fraction of sp³-hybridized carbons (Fsp3) is 0.250. The van der Waals surface area contributed by atoms with Crippen LogP contribution in [0.25, 0.3) is 0 Å². The number of carbonyl (C=O) groups excluding carboxylic acids is 2. The SMILES string of the molecule is C=CCn1c(SCC(=O)Nc2c(F)cc(F)cc2Br)nnc1[C@H](NC(=O)c1ccc(Cl)cc1Cl)C(C)C. The first-order valence-electron chi connectivity index (χ1n) is 10.9. The zero-order valence-corrected chi connectivity index (χ0v) is 23.6. The summed E-state index contributed by atoms with van der Waals surface area (Å²) in [6.45, 7) is 7.91. The van der Waals surface area contributed by atoms with E-state index < -0.39 is 29.5 Å². The van der Waals surface area contributed by atoms with E-state index in [4.69, 9.17) is 23.2 Å². The summed E-state index contributed by atoms with van der Waals surface area (Å²) < 4.78 is 29.2. The van der Waals surface area contributed by atoms with Gasteiger partial charge in [0, 0.05) is 22.1 Å². The molecule has 1 heterocycles. The summed E-state index contributed by atoms with van der Waals surface area (Å²) in [6.07, 6.45) is 1.64. The molecule has 2 aromatic carbocycles. The van der Waals surface area contributed by atoms with E-state index >= 15 is 0 Å². The molecule has 0 radical (unpaired) electrons. The summed E-state index contributed by atoms with van der Waals surface area (Å²) in [4.78, 5) is 25.5. The van der Waals surface area contributed by atoms with Gasteiger partial charge in [-0.2, -0.15) is 0 Å². The first-order valence-corrected chi connectivity index (χ1v) is 13.4. The molecule has 3 rings (SSSR count). The Bertz CT molecular complexity index is 1320. The quantitative estimate of drug-likeness (QED) is 0.193. The van der Waals surface area contributed by atoms with E-state index in [1.807, 2.05) is 13.8 Å². The van der Waals surface area contributed by atoms with Gasteiger partial charge in [0.1, 0.15) is 5.82 Å². The Hall–Kier alpha value is -2.47. The Morgan fingerprint density at radius 1 is 1.22 bits per heavy atom. The lowest BCUT2D eigenvalue weighted by molar-refractivity contribution is -0.113. The topological polar surface area (TPSA) is 88.9 Å². The predicted octanol–water partition coefficient (Wildman–Crippen LogP) is 6.67. The van der Waals surface area contributed by atoms with Gasteiger partial charge in [0.2, 0.25) is 5.91 Å². The van der Waals surface area contributed by atoms with Gasteiger partial charge in [-0.05, 0) is 46.1 Å². The number of thioether (sulfide) groups is 1. The maximum Gasteiger partial charge on any atom is 0.253 e. The fourth-order valence-corrected chi connectivity index (χ4v) is 5.08. The molecule has 2 N–H and O–H groups in total. The minimum Gasteiger partial charge on any atom is -0.342 e. The number of nitrogens with one attached hydrogen (secondary N) is 2. The summed E-state index contributed by atoms with van der Waals surface area (Å²) in [5.74, 6) is -2.36. The van der Waals surface area contributed by atoms with Crippen LogP contribution in [0, 0.1) is 17.6 Å². The summed E-state index contributed by atoms with van der Waals surface area (Å²) in [6, 6.07) is 5.78. The van der Waals surface area contributed by atoms with Gasteiger partial charge in [0.05, 0.1) is 28.1 Å². The van der Waals surface area contributed by atoms with Gasteiger partial charge in [-0.15, -0.1) is 16.8 Å². The fourth-order valence-electron chi connectivity index (χ4n) is 3.33. The predicted molar refractivity (Wildman–Crippen MR) is 145 cm³/mol. The third-order valence-electron chi connectivity index (χ3n) is 5.07.